The van der Waals surface area contributed by atoms with Gasteiger partial charge in [-0.2, -0.15) is 4.98 Å². The first-order valence-electron chi connectivity index (χ1n) is 6.26. The first-order valence-corrected chi connectivity index (χ1v) is 8.94. The van der Waals surface area contributed by atoms with E-state index in [2.05, 4.69) is 14.9 Å². The summed E-state index contributed by atoms with van der Waals surface area (Å²) in [7, 11) is -3.53. The number of hydrogen-bond donors (Lipinski definition) is 1. The predicted octanol–water partition coefficient (Wildman–Crippen LogP) is 2.60. The summed E-state index contributed by atoms with van der Waals surface area (Å²) in [6, 6.07) is 3.02. The maximum absolute atomic E-state index is 12.0. The Balaban J connectivity index is 1.94. The van der Waals surface area contributed by atoms with Crippen molar-refractivity contribution in [2.24, 2.45) is 0 Å². The molecule has 2 heterocycles. The molecule has 0 aliphatic rings. The Kier molecular flexibility index (Phi) is 4.72. The van der Waals surface area contributed by atoms with Gasteiger partial charge in [0.05, 0.1) is 4.34 Å². The van der Waals surface area contributed by atoms with Crippen LogP contribution in [0.2, 0.25) is 4.34 Å². The Bertz CT molecular complexity index is 716. The van der Waals surface area contributed by atoms with Crippen molar-refractivity contribution >= 4 is 33.0 Å². The smallest absolute Gasteiger partial charge is 0.250 e. The van der Waals surface area contributed by atoms with Crippen molar-refractivity contribution in [1.82, 2.24) is 14.9 Å². The van der Waals surface area contributed by atoms with Gasteiger partial charge in [0.15, 0.2) is 5.82 Å². The number of halogens is 1. The number of hydrogen-bond acceptors (Lipinski definition) is 6. The molecule has 0 bridgehead atoms. The minimum Gasteiger partial charge on any atom is -0.339 e. The van der Waals surface area contributed by atoms with Gasteiger partial charge in [0.25, 0.3) is 0 Å². The number of nitrogens with zero attached hydrogens (tertiary/aromatic N) is 2. The first kappa shape index (κ1) is 16.4. The molecule has 0 fully saturated rings. The number of thiophene rings is 1. The number of rotatable bonds is 5. The van der Waals surface area contributed by atoms with Gasteiger partial charge in [-0.05, 0) is 12.1 Å². The van der Waals surface area contributed by atoms with Gasteiger partial charge < -0.3 is 4.52 Å². The van der Waals surface area contributed by atoms with E-state index >= 15 is 0 Å². The van der Waals surface area contributed by atoms with Gasteiger partial charge >= 0.3 is 0 Å². The number of sulfonamides is 1. The minimum atomic E-state index is -3.53. The van der Waals surface area contributed by atoms with Gasteiger partial charge in [-0.1, -0.05) is 37.5 Å². The topological polar surface area (TPSA) is 85.1 Å². The lowest BCUT2D eigenvalue weighted by Gasteiger charge is -2.10. The fourth-order valence-corrected chi connectivity index (χ4v) is 4.03. The molecule has 1 N–H and O–H groups in total. The summed E-state index contributed by atoms with van der Waals surface area (Å²) in [6.45, 7) is 6.09. The van der Waals surface area contributed by atoms with Gasteiger partial charge in [0, 0.05) is 18.4 Å². The standard InChI is InChI=1S/C12H16ClN3O3S2/c1-12(2,3)11-15-9(16-19-11)6-7-14-21(17,18)10-5-4-8(13)20-10/h4-5,14H,6-7H2,1-3H3. The van der Waals surface area contributed by atoms with Crippen molar-refractivity contribution in [2.45, 2.75) is 36.8 Å². The van der Waals surface area contributed by atoms with E-state index in [1.54, 1.807) is 6.07 Å². The molecule has 6 nitrogen and oxygen atoms in total. The molecule has 0 unspecified atom stereocenters. The van der Waals surface area contributed by atoms with E-state index in [1.807, 2.05) is 20.8 Å². The second-order valence-electron chi connectivity index (χ2n) is 5.47. The molecule has 0 spiro atoms. The average Bonchev–Trinajstić information content (AvgIpc) is 2.97. The van der Waals surface area contributed by atoms with Crippen LogP contribution in [0.1, 0.15) is 32.5 Å². The molecule has 0 radical (unpaired) electrons. The Morgan fingerprint density at radius 1 is 1.38 bits per heavy atom. The molecule has 0 aliphatic heterocycles. The third-order valence-electron chi connectivity index (χ3n) is 2.56. The molecule has 2 rings (SSSR count). The van der Waals surface area contributed by atoms with Crippen LogP contribution in [-0.4, -0.2) is 25.1 Å². The average molecular weight is 350 g/mol. The van der Waals surface area contributed by atoms with Crippen LogP contribution in [0, 0.1) is 0 Å². The molecule has 0 amide bonds. The second-order valence-corrected chi connectivity index (χ2v) is 9.18. The summed E-state index contributed by atoms with van der Waals surface area (Å²) in [4.78, 5) is 4.25. The normalized spacial score (nSPS) is 12.8. The molecule has 9 heteroatoms. The predicted molar refractivity (Wildman–Crippen MR) is 81.2 cm³/mol. The number of nitrogens with one attached hydrogen (secondary N) is 1. The molecule has 0 saturated carbocycles. The van der Waals surface area contributed by atoms with Crippen LogP contribution < -0.4 is 4.72 Å². The Morgan fingerprint density at radius 2 is 2.10 bits per heavy atom. The van der Waals surface area contributed by atoms with Crippen molar-refractivity contribution in [2.75, 3.05) is 6.54 Å². The van der Waals surface area contributed by atoms with Crippen molar-refractivity contribution < 1.29 is 12.9 Å². The fourth-order valence-electron chi connectivity index (χ4n) is 1.47. The Morgan fingerprint density at radius 3 is 2.62 bits per heavy atom. The zero-order valence-corrected chi connectivity index (χ0v) is 14.3. The van der Waals surface area contributed by atoms with E-state index in [-0.39, 0.29) is 16.2 Å². The lowest BCUT2D eigenvalue weighted by atomic mass is 9.97. The van der Waals surface area contributed by atoms with Gasteiger partial charge in [-0.25, -0.2) is 13.1 Å². The zero-order valence-electron chi connectivity index (χ0n) is 11.9. The van der Waals surface area contributed by atoms with Crippen molar-refractivity contribution in [3.8, 4) is 0 Å². The van der Waals surface area contributed by atoms with E-state index in [9.17, 15) is 8.42 Å². The molecule has 2 aromatic rings. The molecule has 2 aromatic heterocycles. The third kappa shape index (κ3) is 4.26. The van der Waals surface area contributed by atoms with Gasteiger partial charge in [-0.15, -0.1) is 11.3 Å². The SMILES string of the molecule is CC(C)(C)c1nc(CCNS(=O)(=O)c2ccc(Cl)s2)no1. The van der Waals surface area contributed by atoms with Crippen LogP contribution >= 0.6 is 22.9 Å². The molecule has 0 atom stereocenters. The van der Waals surface area contributed by atoms with Gasteiger partial charge in [0.1, 0.15) is 4.21 Å². The van der Waals surface area contributed by atoms with Crippen LogP contribution in [0.25, 0.3) is 0 Å². The van der Waals surface area contributed by atoms with Crippen LogP contribution in [0.4, 0.5) is 0 Å². The highest BCUT2D eigenvalue weighted by Crippen LogP contribution is 2.25. The number of aromatic nitrogens is 2. The van der Waals surface area contributed by atoms with E-state index in [1.165, 1.54) is 6.07 Å². The zero-order chi connectivity index (χ0) is 15.7. The Labute approximate surface area is 132 Å². The largest absolute Gasteiger partial charge is 0.339 e. The summed E-state index contributed by atoms with van der Waals surface area (Å²) in [5.74, 6) is 1.01. The van der Waals surface area contributed by atoms with E-state index in [0.29, 0.717) is 22.5 Å². The summed E-state index contributed by atoms with van der Waals surface area (Å²) < 4.78 is 32.2. The Hall–Kier alpha value is -0.960. The maximum Gasteiger partial charge on any atom is 0.250 e. The van der Waals surface area contributed by atoms with Crippen LogP contribution in [0.5, 0.6) is 0 Å². The lowest BCUT2D eigenvalue weighted by Crippen LogP contribution is -2.25. The quantitative estimate of drug-likeness (QED) is 0.896. The van der Waals surface area contributed by atoms with Crippen molar-refractivity contribution in [3.63, 3.8) is 0 Å². The molecule has 116 valence electrons. The monoisotopic (exact) mass is 349 g/mol. The summed E-state index contributed by atoms with van der Waals surface area (Å²) in [5, 5.41) is 3.84. The molecular weight excluding hydrogens is 334 g/mol. The van der Waals surface area contributed by atoms with Crippen molar-refractivity contribution in [1.29, 1.82) is 0 Å². The summed E-state index contributed by atoms with van der Waals surface area (Å²) in [5.41, 5.74) is -0.224. The highest BCUT2D eigenvalue weighted by molar-refractivity contribution is 7.91. The minimum absolute atomic E-state index is 0.191. The van der Waals surface area contributed by atoms with E-state index in [4.69, 9.17) is 16.1 Å². The first-order chi connectivity index (χ1) is 9.68. The van der Waals surface area contributed by atoms with Gasteiger partial charge in [-0.3, -0.25) is 0 Å². The van der Waals surface area contributed by atoms with Crippen LogP contribution in [0.3, 0.4) is 0 Å². The molecular formula is C12H16ClN3O3S2. The summed E-state index contributed by atoms with van der Waals surface area (Å²) >= 11 is 6.75. The molecule has 21 heavy (non-hydrogen) atoms. The highest BCUT2D eigenvalue weighted by atomic mass is 35.5. The third-order valence-corrected chi connectivity index (χ3v) is 5.75. The molecule has 0 saturated heterocycles. The molecule has 0 aromatic carbocycles. The fraction of sp³-hybridized carbons (Fsp3) is 0.500. The molecule has 0 aliphatic carbocycles. The van der Waals surface area contributed by atoms with Crippen LogP contribution in [-0.2, 0) is 21.9 Å². The maximum atomic E-state index is 12.0. The second kappa shape index (κ2) is 6.04. The summed E-state index contributed by atoms with van der Waals surface area (Å²) in [6.07, 6.45) is 0.359. The van der Waals surface area contributed by atoms with Gasteiger partial charge in [0.2, 0.25) is 15.9 Å². The lowest BCUT2D eigenvalue weighted by molar-refractivity contribution is 0.318. The van der Waals surface area contributed by atoms with E-state index < -0.39 is 10.0 Å². The van der Waals surface area contributed by atoms with E-state index in [0.717, 1.165) is 11.3 Å². The highest BCUT2D eigenvalue weighted by Gasteiger charge is 2.22. The van der Waals surface area contributed by atoms with Crippen molar-refractivity contribution in [3.05, 3.63) is 28.2 Å². The van der Waals surface area contributed by atoms with Crippen LogP contribution in [0.15, 0.2) is 20.9 Å².